The maximum atomic E-state index is 12.8. The fourth-order valence-electron chi connectivity index (χ4n) is 3.06. The van der Waals surface area contributed by atoms with Crippen LogP contribution >= 0.6 is 11.3 Å². The Morgan fingerprint density at radius 3 is 2.65 bits per heavy atom. The van der Waals surface area contributed by atoms with Crippen LogP contribution in [0.5, 0.6) is 5.75 Å². The zero-order valence-electron chi connectivity index (χ0n) is 16.7. The van der Waals surface area contributed by atoms with E-state index < -0.39 is 15.9 Å². The highest BCUT2D eigenvalue weighted by atomic mass is 32.2. The van der Waals surface area contributed by atoms with Crippen LogP contribution in [0.1, 0.15) is 15.4 Å². The molecule has 0 aliphatic rings. The molecule has 2 N–H and O–H groups in total. The molecule has 9 heteroatoms. The summed E-state index contributed by atoms with van der Waals surface area (Å²) in [4.78, 5) is 17.1. The normalized spacial score (nSPS) is 11.3. The lowest BCUT2D eigenvalue weighted by Gasteiger charge is -2.12. The summed E-state index contributed by atoms with van der Waals surface area (Å²) in [5, 5.41) is 3.75. The number of rotatable bonds is 6. The van der Waals surface area contributed by atoms with Crippen molar-refractivity contribution in [2.24, 2.45) is 0 Å². The van der Waals surface area contributed by atoms with Crippen LogP contribution in [0.2, 0.25) is 0 Å². The van der Waals surface area contributed by atoms with Gasteiger partial charge in [0.25, 0.3) is 15.9 Å². The summed E-state index contributed by atoms with van der Waals surface area (Å²) in [6.45, 7) is 1.92. The van der Waals surface area contributed by atoms with Crippen molar-refractivity contribution >= 4 is 48.9 Å². The number of hydrogen-bond donors (Lipinski definition) is 2. The summed E-state index contributed by atoms with van der Waals surface area (Å²) in [5.41, 5.74) is 2.02. The van der Waals surface area contributed by atoms with Crippen molar-refractivity contribution in [2.45, 2.75) is 11.8 Å². The molecule has 4 aromatic rings. The van der Waals surface area contributed by atoms with Gasteiger partial charge in [-0.05, 0) is 55.5 Å². The van der Waals surface area contributed by atoms with Crippen molar-refractivity contribution in [3.8, 4) is 5.75 Å². The third-order valence-corrected chi connectivity index (χ3v) is 6.81. The highest BCUT2D eigenvalue weighted by Crippen LogP contribution is 2.27. The molecule has 3 aromatic carbocycles. The number of carbonyl (C=O) groups excluding carboxylic acids is 1. The lowest BCUT2D eigenvalue weighted by molar-refractivity contribution is 0.102. The summed E-state index contributed by atoms with van der Waals surface area (Å²) in [6.07, 6.45) is 0. The number of carbonyl (C=O) groups is 1. The van der Waals surface area contributed by atoms with Gasteiger partial charge in [0.15, 0.2) is 0 Å². The zero-order valence-corrected chi connectivity index (χ0v) is 18.4. The molecule has 0 radical (unpaired) electrons. The number of nitrogens with zero attached hydrogens (tertiary/aromatic N) is 1. The molecule has 0 atom stereocenters. The molecule has 0 fully saturated rings. The Morgan fingerprint density at radius 2 is 1.84 bits per heavy atom. The van der Waals surface area contributed by atoms with E-state index in [1.807, 2.05) is 19.1 Å². The van der Waals surface area contributed by atoms with E-state index in [-0.39, 0.29) is 10.5 Å². The first-order valence-corrected chi connectivity index (χ1v) is 11.6. The van der Waals surface area contributed by atoms with Gasteiger partial charge >= 0.3 is 0 Å². The molecular formula is C22H19N3O4S2. The number of methoxy groups -OCH3 is 1. The Balaban J connectivity index is 1.57. The average Bonchev–Trinajstić information content (AvgIpc) is 3.13. The quantitative estimate of drug-likeness (QED) is 0.442. The molecular weight excluding hydrogens is 434 g/mol. The van der Waals surface area contributed by atoms with Crippen molar-refractivity contribution in [3.63, 3.8) is 0 Å². The van der Waals surface area contributed by atoms with E-state index in [1.165, 1.54) is 36.6 Å². The van der Waals surface area contributed by atoms with E-state index in [0.717, 1.165) is 15.2 Å². The number of sulfonamides is 1. The monoisotopic (exact) mass is 453 g/mol. The third kappa shape index (κ3) is 4.52. The van der Waals surface area contributed by atoms with Gasteiger partial charge in [0.1, 0.15) is 5.75 Å². The number of hydrogen-bond acceptors (Lipinski definition) is 6. The van der Waals surface area contributed by atoms with Gasteiger partial charge in [0, 0.05) is 11.3 Å². The van der Waals surface area contributed by atoms with E-state index in [1.54, 1.807) is 36.4 Å². The minimum atomic E-state index is -3.92. The van der Waals surface area contributed by atoms with E-state index in [2.05, 4.69) is 15.0 Å². The molecule has 1 aromatic heterocycles. The van der Waals surface area contributed by atoms with E-state index >= 15 is 0 Å². The molecule has 4 rings (SSSR count). The second kappa shape index (κ2) is 8.37. The third-order valence-electron chi connectivity index (χ3n) is 4.51. The molecule has 0 spiro atoms. The van der Waals surface area contributed by atoms with Crippen LogP contribution in [-0.2, 0) is 10.0 Å². The predicted molar refractivity (Wildman–Crippen MR) is 123 cm³/mol. The summed E-state index contributed by atoms with van der Waals surface area (Å²) >= 11 is 1.54. The molecule has 1 amide bonds. The van der Waals surface area contributed by atoms with Gasteiger partial charge in [-0.25, -0.2) is 13.4 Å². The Hall–Kier alpha value is -3.43. The molecule has 0 aliphatic heterocycles. The minimum absolute atomic E-state index is 0.0282. The topological polar surface area (TPSA) is 97.4 Å². The van der Waals surface area contributed by atoms with Gasteiger partial charge in [0.2, 0.25) is 0 Å². The van der Waals surface area contributed by atoms with Crippen LogP contribution < -0.4 is 14.8 Å². The number of para-hydroxylation sites is 2. The first-order chi connectivity index (χ1) is 14.9. The standard InChI is InChI=1S/C22H19N3O4S2/c1-14-23-19-11-10-16(13-21(19)30-14)24-22(26)15-6-5-7-17(12-15)31(27,28)25-18-8-3-4-9-20(18)29-2/h3-13,25H,1-2H3,(H,24,26). The maximum absolute atomic E-state index is 12.8. The first kappa shape index (κ1) is 20.8. The van der Waals surface area contributed by atoms with Crippen LogP contribution in [0.25, 0.3) is 10.2 Å². The van der Waals surface area contributed by atoms with Crippen LogP contribution in [0, 0.1) is 6.92 Å². The van der Waals surface area contributed by atoms with Crippen molar-refractivity contribution in [1.82, 2.24) is 4.98 Å². The minimum Gasteiger partial charge on any atom is -0.495 e. The second-order valence-electron chi connectivity index (χ2n) is 6.70. The lowest BCUT2D eigenvalue weighted by Crippen LogP contribution is -2.16. The largest absolute Gasteiger partial charge is 0.495 e. The summed E-state index contributed by atoms with van der Waals surface area (Å²) in [6, 6.07) is 18.0. The summed E-state index contributed by atoms with van der Waals surface area (Å²) in [5.74, 6) is -0.0106. The Morgan fingerprint density at radius 1 is 1.03 bits per heavy atom. The molecule has 0 aliphatic carbocycles. The highest BCUT2D eigenvalue weighted by molar-refractivity contribution is 7.92. The van der Waals surface area contributed by atoms with Gasteiger partial charge in [-0.15, -0.1) is 11.3 Å². The van der Waals surface area contributed by atoms with Crippen LogP contribution in [0.3, 0.4) is 0 Å². The number of nitrogens with one attached hydrogen (secondary N) is 2. The van der Waals surface area contributed by atoms with Crippen molar-refractivity contribution in [2.75, 3.05) is 17.1 Å². The van der Waals surface area contributed by atoms with E-state index in [0.29, 0.717) is 17.1 Å². The smallest absolute Gasteiger partial charge is 0.262 e. The molecule has 1 heterocycles. The molecule has 7 nitrogen and oxygen atoms in total. The molecule has 158 valence electrons. The molecule has 31 heavy (non-hydrogen) atoms. The van der Waals surface area contributed by atoms with Gasteiger partial charge in [-0.3, -0.25) is 9.52 Å². The van der Waals surface area contributed by atoms with Gasteiger partial charge in [-0.2, -0.15) is 0 Å². The first-order valence-electron chi connectivity index (χ1n) is 9.30. The number of benzene rings is 3. The average molecular weight is 454 g/mol. The SMILES string of the molecule is COc1ccccc1NS(=O)(=O)c1cccc(C(=O)Nc2ccc3nc(C)sc3c2)c1. The van der Waals surface area contributed by atoms with Crippen LogP contribution in [0.4, 0.5) is 11.4 Å². The number of thiazole rings is 1. The number of aromatic nitrogens is 1. The Kier molecular flexibility index (Phi) is 5.62. The number of ether oxygens (including phenoxy) is 1. The highest BCUT2D eigenvalue weighted by Gasteiger charge is 2.18. The predicted octanol–water partition coefficient (Wildman–Crippen LogP) is 4.67. The summed E-state index contributed by atoms with van der Waals surface area (Å²) in [7, 11) is -2.46. The van der Waals surface area contributed by atoms with Crippen molar-refractivity contribution in [3.05, 3.63) is 77.3 Å². The maximum Gasteiger partial charge on any atom is 0.262 e. The van der Waals surface area contributed by atoms with Crippen LogP contribution in [-0.4, -0.2) is 26.4 Å². The van der Waals surface area contributed by atoms with E-state index in [9.17, 15) is 13.2 Å². The lowest BCUT2D eigenvalue weighted by atomic mass is 10.2. The Labute approximate surface area is 183 Å². The van der Waals surface area contributed by atoms with Gasteiger partial charge in [-0.1, -0.05) is 18.2 Å². The van der Waals surface area contributed by atoms with Crippen molar-refractivity contribution in [1.29, 1.82) is 0 Å². The fraction of sp³-hybridized carbons (Fsp3) is 0.0909. The van der Waals surface area contributed by atoms with Gasteiger partial charge < -0.3 is 10.1 Å². The Bertz CT molecular complexity index is 1380. The number of anilines is 2. The van der Waals surface area contributed by atoms with E-state index in [4.69, 9.17) is 4.74 Å². The fourth-order valence-corrected chi connectivity index (χ4v) is 5.04. The number of fused-ring (bicyclic) bond motifs is 1. The molecule has 0 saturated heterocycles. The second-order valence-corrected chi connectivity index (χ2v) is 9.62. The number of amides is 1. The van der Waals surface area contributed by atoms with Crippen LogP contribution in [0.15, 0.2) is 71.6 Å². The summed E-state index contributed by atoms with van der Waals surface area (Å²) < 4.78 is 34.4. The molecule has 0 bridgehead atoms. The molecule has 0 saturated carbocycles. The van der Waals surface area contributed by atoms with Crippen molar-refractivity contribution < 1.29 is 17.9 Å². The molecule has 0 unspecified atom stereocenters. The zero-order chi connectivity index (χ0) is 22.0. The van der Waals surface area contributed by atoms with Gasteiger partial charge in [0.05, 0.1) is 32.9 Å². The number of aryl methyl sites for hydroxylation is 1.